The van der Waals surface area contributed by atoms with Gasteiger partial charge in [0.05, 0.1) is 12.7 Å². The van der Waals surface area contributed by atoms with Crippen LogP contribution in [0.5, 0.6) is 5.75 Å². The van der Waals surface area contributed by atoms with Gasteiger partial charge >= 0.3 is 11.9 Å². The Morgan fingerprint density at radius 2 is 1.68 bits per heavy atom. The molecule has 0 N–H and O–H groups in total. The molecule has 2 aromatic rings. The van der Waals surface area contributed by atoms with Crippen LogP contribution in [0, 0.1) is 0 Å². The summed E-state index contributed by atoms with van der Waals surface area (Å²) < 4.78 is 15.5. The predicted molar refractivity (Wildman–Crippen MR) is 110 cm³/mol. The Bertz CT molecular complexity index is 793. The lowest BCUT2D eigenvalue weighted by Gasteiger charge is -2.19. The summed E-state index contributed by atoms with van der Waals surface area (Å²) in [5.41, 5.74) is 1.21. The Morgan fingerprint density at radius 1 is 1.00 bits per heavy atom. The molecule has 6 heteroatoms. The van der Waals surface area contributed by atoms with Crippen molar-refractivity contribution in [3.8, 4) is 5.75 Å². The van der Waals surface area contributed by atoms with E-state index in [2.05, 4.69) is 0 Å². The number of rotatable bonds is 8. The summed E-state index contributed by atoms with van der Waals surface area (Å²) in [5, 5.41) is 0. The molecule has 0 unspecified atom stereocenters. The second kappa shape index (κ2) is 10.2. The van der Waals surface area contributed by atoms with Crippen LogP contribution in [-0.2, 0) is 20.7 Å². The molecular weight excluding hydrogens is 376 g/mol. The summed E-state index contributed by atoms with van der Waals surface area (Å²) in [6.45, 7) is 5.35. The van der Waals surface area contributed by atoms with Crippen LogP contribution in [0.3, 0.4) is 0 Å². The minimum atomic E-state index is -0.519. The van der Waals surface area contributed by atoms with Crippen molar-refractivity contribution in [3.63, 3.8) is 0 Å². The topological polar surface area (TPSA) is 61.8 Å². The number of carbonyl (C=O) groups excluding carboxylic acids is 2. The highest BCUT2D eigenvalue weighted by Crippen LogP contribution is 2.24. The summed E-state index contributed by atoms with van der Waals surface area (Å²) in [5.74, 6) is 0.733. The van der Waals surface area contributed by atoms with Crippen LogP contribution in [0.1, 0.15) is 36.7 Å². The fourth-order valence-electron chi connectivity index (χ4n) is 2.42. The largest absolute Gasteiger partial charge is 0.482 e. The Hall–Kier alpha value is -2.47. The van der Waals surface area contributed by atoms with Crippen LogP contribution in [0.25, 0.3) is 0 Å². The zero-order chi connectivity index (χ0) is 20.6. The van der Waals surface area contributed by atoms with E-state index in [1.807, 2.05) is 63.2 Å². The van der Waals surface area contributed by atoms with Crippen molar-refractivity contribution in [1.29, 1.82) is 0 Å². The van der Waals surface area contributed by atoms with E-state index < -0.39 is 11.6 Å². The first-order valence-electron chi connectivity index (χ1n) is 9.02. The van der Waals surface area contributed by atoms with E-state index in [-0.39, 0.29) is 12.6 Å². The number of benzene rings is 2. The minimum Gasteiger partial charge on any atom is -0.482 e. The average molecular weight is 403 g/mol. The summed E-state index contributed by atoms with van der Waals surface area (Å²) in [6.07, 6.45) is 0.840. The highest BCUT2D eigenvalue weighted by Gasteiger charge is 2.16. The SMILES string of the molecule is COC(=O)c1ccccc1SCCc1ccc(OCC(=O)OC(C)(C)C)cc1. The number of aryl methyl sites for hydroxylation is 1. The first-order valence-corrected chi connectivity index (χ1v) is 10.0. The highest BCUT2D eigenvalue weighted by molar-refractivity contribution is 7.99. The molecular formula is C22H26O5S. The number of carbonyl (C=O) groups is 2. The third-order valence-electron chi connectivity index (χ3n) is 3.64. The van der Waals surface area contributed by atoms with Crippen molar-refractivity contribution in [2.24, 2.45) is 0 Å². The molecule has 0 amide bonds. The average Bonchev–Trinajstić information content (AvgIpc) is 2.66. The Kier molecular flexibility index (Phi) is 7.93. The van der Waals surface area contributed by atoms with Crippen LogP contribution in [0.4, 0.5) is 0 Å². The van der Waals surface area contributed by atoms with Gasteiger partial charge in [0, 0.05) is 10.6 Å². The molecule has 0 aliphatic rings. The zero-order valence-corrected chi connectivity index (χ0v) is 17.5. The van der Waals surface area contributed by atoms with E-state index in [0.717, 1.165) is 22.6 Å². The van der Waals surface area contributed by atoms with Gasteiger partial charge in [-0.1, -0.05) is 24.3 Å². The minimum absolute atomic E-state index is 0.114. The second-order valence-corrected chi connectivity index (χ2v) is 8.24. The Labute approximate surface area is 170 Å². The summed E-state index contributed by atoms with van der Waals surface area (Å²) in [6, 6.07) is 15.0. The lowest BCUT2D eigenvalue weighted by molar-refractivity contribution is -0.157. The highest BCUT2D eigenvalue weighted by atomic mass is 32.2. The molecule has 0 saturated carbocycles. The smallest absolute Gasteiger partial charge is 0.344 e. The third kappa shape index (κ3) is 7.27. The van der Waals surface area contributed by atoms with Crippen molar-refractivity contribution in [2.75, 3.05) is 19.5 Å². The van der Waals surface area contributed by atoms with E-state index in [9.17, 15) is 9.59 Å². The van der Waals surface area contributed by atoms with Gasteiger partial charge in [0.2, 0.25) is 0 Å². The van der Waals surface area contributed by atoms with E-state index >= 15 is 0 Å². The van der Waals surface area contributed by atoms with Crippen LogP contribution in [-0.4, -0.2) is 37.0 Å². The standard InChI is InChI=1S/C22H26O5S/c1-22(2,3)27-20(23)15-26-17-11-9-16(10-12-17)13-14-28-19-8-6-5-7-18(19)21(24)25-4/h5-12H,13-15H2,1-4H3. The molecule has 0 aliphatic heterocycles. The molecule has 0 fully saturated rings. The molecule has 0 radical (unpaired) electrons. The van der Waals surface area contributed by atoms with Gasteiger partial charge in [-0.05, 0) is 57.0 Å². The summed E-state index contributed by atoms with van der Waals surface area (Å²) in [7, 11) is 1.39. The van der Waals surface area contributed by atoms with Gasteiger partial charge in [0.1, 0.15) is 11.4 Å². The van der Waals surface area contributed by atoms with Crippen LogP contribution < -0.4 is 4.74 Å². The third-order valence-corrected chi connectivity index (χ3v) is 4.72. The lowest BCUT2D eigenvalue weighted by Crippen LogP contribution is -2.27. The van der Waals surface area contributed by atoms with Gasteiger partial charge in [-0.25, -0.2) is 9.59 Å². The van der Waals surface area contributed by atoms with Gasteiger partial charge in [-0.15, -0.1) is 11.8 Å². The molecule has 0 saturated heterocycles. The van der Waals surface area contributed by atoms with Gasteiger partial charge < -0.3 is 14.2 Å². The number of esters is 2. The van der Waals surface area contributed by atoms with Crippen molar-refractivity contribution in [2.45, 2.75) is 37.7 Å². The number of ether oxygens (including phenoxy) is 3. The molecule has 0 spiro atoms. The number of thioether (sulfide) groups is 1. The predicted octanol–water partition coefficient (Wildman–Crippen LogP) is 4.53. The zero-order valence-electron chi connectivity index (χ0n) is 16.7. The number of hydrogen-bond donors (Lipinski definition) is 0. The maximum absolute atomic E-state index is 11.8. The van der Waals surface area contributed by atoms with E-state index in [1.165, 1.54) is 7.11 Å². The summed E-state index contributed by atoms with van der Waals surface area (Å²) in [4.78, 5) is 24.4. The molecule has 2 rings (SSSR count). The monoisotopic (exact) mass is 402 g/mol. The van der Waals surface area contributed by atoms with E-state index in [0.29, 0.717) is 11.3 Å². The fourth-order valence-corrected chi connectivity index (χ4v) is 3.45. The van der Waals surface area contributed by atoms with E-state index in [4.69, 9.17) is 14.2 Å². The summed E-state index contributed by atoms with van der Waals surface area (Å²) >= 11 is 1.62. The van der Waals surface area contributed by atoms with Crippen molar-refractivity contribution < 1.29 is 23.8 Å². The van der Waals surface area contributed by atoms with Crippen molar-refractivity contribution in [3.05, 3.63) is 59.7 Å². The van der Waals surface area contributed by atoms with Gasteiger partial charge in [-0.2, -0.15) is 0 Å². The molecule has 5 nitrogen and oxygen atoms in total. The number of methoxy groups -OCH3 is 1. The molecule has 150 valence electrons. The molecule has 0 aromatic heterocycles. The molecule has 0 bridgehead atoms. The first kappa shape index (κ1) is 21.8. The maximum atomic E-state index is 11.8. The normalized spacial score (nSPS) is 11.0. The lowest BCUT2D eigenvalue weighted by atomic mass is 10.2. The van der Waals surface area contributed by atoms with Gasteiger partial charge in [0.15, 0.2) is 6.61 Å². The fraction of sp³-hybridized carbons (Fsp3) is 0.364. The molecule has 0 atom stereocenters. The first-order chi connectivity index (χ1) is 13.3. The van der Waals surface area contributed by atoms with Crippen molar-refractivity contribution >= 4 is 23.7 Å². The molecule has 0 heterocycles. The second-order valence-electron chi connectivity index (χ2n) is 7.11. The van der Waals surface area contributed by atoms with Gasteiger partial charge in [-0.3, -0.25) is 0 Å². The molecule has 28 heavy (non-hydrogen) atoms. The van der Waals surface area contributed by atoms with Gasteiger partial charge in [0.25, 0.3) is 0 Å². The Balaban J connectivity index is 1.82. The Morgan fingerprint density at radius 3 is 2.32 bits per heavy atom. The molecule has 2 aromatic carbocycles. The molecule has 0 aliphatic carbocycles. The van der Waals surface area contributed by atoms with Crippen molar-refractivity contribution in [1.82, 2.24) is 0 Å². The number of hydrogen-bond acceptors (Lipinski definition) is 6. The maximum Gasteiger partial charge on any atom is 0.344 e. The van der Waals surface area contributed by atoms with Crippen LogP contribution in [0.15, 0.2) is 53.4 Å². The quantitative estimate of drug-likeness (QED) is 0.478. The van der Waals surface area contributed by atoms with E-state index in [1.54, 1.807) is 17.8 Å². The van der Waals surface area contributed by atoms with Crippen LogP contribution >= 0.6 is 11.8 Å². The van der Waals surface area contributed by atoms with Crippen LogP contribution in [0.2, 0.25) is 0 Å².